The van der Waals surface area contributed by atoms with Gasteiger partial charge in [0, 0.05) is 0 Å². The van der Waals surface area contributed by atoms with Crippen molar-refractivity contribution >= 4 is 58.2 Å². The predicted molar refractivity (Wildman–Crippen MR) is 88.2 cm³/mol. The third-order valence-corrected chi connectivity index (χ3v) is 4.36. The molecule has 1 aromatic carbocycles. The quantitative estimate of drug-likeness (QED) is 0.629. The average molecular weight is 380 g/mol. The van der Waals surface area contributed by atoms with Crippen molar-refractivity contribution in [3.8, 4) is 0 Å². The summed E-state index contributed by atoms with van der Waals surface area (Å²) in [6, 6.07) is 2.90. The van der Waals surface area contributed by atoms with E-state index in [0.29, 0.717) is 10.7 Å². The van der Waals surface area contributed by atoms with Gasteiger partial charge in [0.15, 0.2) is 5.16 Å². The van der Waals surface area contributed by atoms with Crippen LogP contribution in [0.2, 0.25) is 15.1 Å². The van der Waals surface area contributed by atoms with Gasteiger partial charge >= 0.3 is 0 Å². The Morgan fingerprint density at radius 1 is 1.23 bits per heavy atom. The minimum absolute atomic E-state index is 0.0181. The van der Waals surface area contributed by atoms with Crippen molar-refractivity contribution in [3.63, 3.8) is 0 Å². The Balaban J connectivity index is 2.00. The van der Waals surface area contributed by atoms with Gasteiger partial charge in [0.2, 0.25) is 5.91 Å². The van der Waals surface area contributed by atoms with Crippen LogP contribution in [0, 0.1) is 6.92 Å². The second kappa shape index (κ2) is 7.32. The van der Waals surface area contributed by atoms with Crippen molar-refractivity contribution in [1.82, 2.24) is 15.2 Å². The summed E-state index contributed by atoms with van der Waals surface area (Å²) in [4.78, 5) is 25.8. The van der Waals surface area contributed by atoms with Crippen molar-refractivity contribution < 1.29 is 4.79 Å². The number of aryl methyl sites for hydroxylation is 1. The monoisotopic (exact) mass is 378 g/mol. The number of anilines is 1. The zero-order valence-electron chi connectivity index (χ0n) is 11.1. The number of nitrogens with zero attached hydrogens (tertiary/aromatic N) is 2. The van der Waals surface area contributed by atoms with Crippen molar-refractivity contribution in [3.05, 3.63) is 43.2 Å². The number of nitrogens with one attached hydrogen (secondary N) is 2. The molecule has 1 heterocycles. The van der Waals surface area contributed by atoms with Crippen LogP contribution in [0.1, 0.15) is 5.69 Å². The number of hydrogen-bond acceptors (Lipinski definition) is 5. The van der Waals surface area contributed by atoms with Gasteiger partial charge in [-0.1, -0.05) is 46.6 Å². The van der Waals surface area contributed by atoms with Gasteiger partial charge in [0.25, 0.3) is 5.56 Å². The number of H-pyrrole nitrogens is 1. The van der Waals surface area contributed by atoms with E-state index in [1.54, 1.807) is 6.92 Å². The Morgan fingerprint density at radius 2 is 1.91 bits per heavy atom. The Morgan fingerprint density at radius 3 is 2.59 bits per heavy atom. The van der Waals surface area contributed by atoms with Crippen molar-refractivity contribution in [2.24, 2.45) is 0 Å². The molecule has 0 bridgehead atoms. The Labute approximate surface area is 144 Å². The van der Waals surface area contributed by atoms with E-state index >= 15 is 0 Å². The van der Waals surface area contributed by atoms with Gasteiger partial charge in [0.1, 0.15) is 5.69 Å². The zero-order chi connectivity index (χ0) is 16.3. The first-order chi connectivity index (χ1) is 10.4. The van der Waals surface area contributed by atoms with Gasteiger partial charge in [-0.15, -0.1) is 10.2 Å². The van der Waals surface area contributed by atoms with Gasteiger partial charge in [-0.3, -0.25) is 14.6 Å². The molecule has 0 unspecified atom stereocenters. The molecule has 1 amide bonds. The Hall–Kier alpha value is -1.28. The molecule has 0 saturated heterocycles. The van der Waals surface area contributed by atoms with Gasteiger partial charge in [-0.05, 0) is 19.1 Å². The lowest BCUT2D eigenvalue weighted by Gasteiger charge is -2.08. The molecule has 0 aliphatic heterocycles. The number of benzene rings is 1. The molecule has 10 heteroatoms. The van der Waals surface area contributed by atoms with Crippen LogP contribution in [0.15, 0.2) is 22.1 Å². The molecule has 116 valence electrons. The number of carbonyl (C=O) groups excluding carboxylic acids is 1. The van der Waals surface area contributed by atoms with E-state index in [2.05, 4.69) is 20.5 Å². The molecule has 0 atom stereocenters. The van der Waals surface area contributed by atoms with E-state index in [-0.39, 0.29) is 38.1 Å². The number of hydrogen-bond donors (Lipinski definition) is 2. The highest BCUT2D eigenvalue weighted by Crippen LogP contribution is 2.32. The fraction of sp³-hybridized carbons (Fsp3) is 0.167. The van der Waals surface area contributed by atoms with Crippen LogP contribution in [-0.2, 0) is 4.79 Å². The maximum atomic E-state index is 11.9. The zero-order valence-corrected chi connectivity index (χ0v) is 14.2. The molecule has 6 nitrogen and oxygen atoms in total. The van der Waals surface area contributed by atoms with E-state index in [1.165, 1.54) is 12.1 Å². The fourth-order valence-corrected chi connectivity index (χ4v) is 2.58. The number of thioether (sulfide) groups is 1. The second-order valence-electron chi connectivity index (χ2n) is 4.13. The van der Waals surface area contributed by atoms with Crippen molar-refractivity contribution in [2.75, 3.05) is 11.1 Å². The highest BCUT2D eigenvalue weighted by atomic mass is 35.5. The Kier molecular flexibility index (Phi) is 5.69. The first kappa shape index (κ1) is 17.1. The molecule has 2 rings (SSSR count). The predicted octanol–water partition coefficient (Wildman–Crippen LogP) is 3.16. The summed E-state index contributed by atoms with van der Waals surface area (Å²) in [7, 11) is 0. The maximum Gasteiger partial charge on any atom is 0.273 e. The topological polar surface area (TPSA) is 87.7 Å². The summed E-state index contributed by atoms with van der Waals surface area (Å²) in [5.74, 6) is -0.321. The summed E-state index contributed by atoms with van der Waals surface area (Å²) in [6.07, 6.45) is 0. The molecular formula is C12H9Cl3N4O2S. The average Bonchev–Trinajstić information content (AvgIpc) is 2.46. The van der Waals surface area contributed by atoms with E-state index < -0.39 is 0 Å². The molecule has 0 spiro atoms. The van der Waals surface area contributed by atoms with E-state index in [0.717, 1.165) is 11.8 Å². The van der Waals surface area contributed by atoms with E-state index in [1.807, 2.05) is 0 Å². The molecule has 0 radical (unpaired) electrons. The van der Waals surface area contributed by atoms with Crippen LogP contribution in [0.4, 0.5) is 5.69 Å². The number of amides is 1. The van der Waals surface area contributed by atoms with Gasteiger partial charge < -0.3 is 5.32 Å². The second-order valence-corrected chi connectivity index (χ2v) is 6.31. The van der Waals surface area contributed by atoms with E-state index in [9.17, 15) is 9.59 Å². The number of aromatic nitrogens is 3. The van der Waals surface area contributed by atoms with Crippen LogP contribution in [0.25, 0.3) is 0 Å². The molecule has 2 N–H and O–H groups in total. The molecule has 0 aliphatic carbocycles. The summed E-state index contributed by atoms with van der Waals surface area (Å²) in [5.41, 5.74) is 0.270. The number of carbonyl (C=O) groups is 1. The molecule has 2 aromatic rings. The lowest BCUT2D eigenvalue weighted by molar-refractivity contribution is -0.113. The smallest absolute Gasteiger partial charge is 0.273 e. The van der Waals surface area contributed by atoms with Crippen molar-refractivity contribution in [2.45, 2.75) is 12.1 Å². The summed E-state index contributed by atoms with van der Waals surface area (Å²) in [5, 5.41) is 11.2. The highest BCUT2D eigenvalue weighted by Gasteiger charge is 2.11. The maximum absolute atomic E-state index is 11.9. The van der Waals surface area contributed by atoms with Crippen LogP contribution in [0.3, 0.4) is 0 Å². The third-order valence-electron chi connectivity index (χ3n) is 2.46. The first-order valence-electron chi connectivity index (χ1n) is 5.87. The minimum Gasteiger partial charge on any atom is -0.324 e. The lowest BCUT2D eigenvalue weighted by Crippen LogP contribution is -2.17. The van der Waals surface area contributed by atoms with Crippen LogP contribution in [-0.4, -0.2) is 26.8 Å². The van der Waals surface area contributed by atoms with Crippen molar-refractivity contribution in [1.29, 1.82) is 0 Å². The third kappa shape index (κ3) is 4.36. The number of halogens is 3. The summed E-state index contributed by atoms with van der Waals surface area (Å²) >= 11 is 18.7. The summed E-state index contributed by atoms with van der Waals surface area (Å²) in [6.45, 7) is 1.54. The molecular weight excluding hydrogens is 371 g/mol. The van der Waals surface area contributed by atoms with Crippen LogP contribution in [0.5, 0.6) is 0 Å². The summed E-state index contributed by atoms with van der Waals surface area (Å²) < 4.78 is 0. The van der Waals surface area contributed by atoms with E-state index in [4.69, 9.17) is 34.8 Å². The largest absolute Gasteiger partial charge is 0.324 e. The van der Waals surface area contributed by atoms with Gasteiger partial charge in [0.05, 0.1) is 26.5 Å². The normalized spacial score (nSPS) is 10.5. The standard InChI is InChI=1S/C12H9Cl3N4O2S/c1-5-11(21)17-12(19-18-5)22-4-10(20)16-9-3-7(14)6(13)2-8(9)15/h2-3H,4H2,1H3,(H,16,20)(H,17,19,21). The molecule has 22 heavy (non-hydrogen) atoms. The molecule has 1 aromatic heterocycles. The van der Waals surface area contributed by atoms with Gasteiger partial charge in [-0.2, -0.15) is 0 Å². The lowest BCUT2D eigenvalue weighted by atomic mass is 10.3. The first-order valence-corrected chi connectivity index (χ1v) is 7.99. The minimum atomic E-state index is -0.342. The fourth-order valence-electron chi connectivity index (χ4n) is 1.38. The van der Waals surface area contributed by atoms with Gasteiger partial charge in [-0.25, -0.2) is 0 Å². The molecule has 0 fully saturated rings. The van der Waals surface area contributed by atoms with Crippen LogP contribution >= 0.6 is 46.6 Å². The molecule has 0 saturated carbocycles. The number of aromatic amines is 1. The highest BCUT2D eigenvalue weighted by molar-refractivity contribution is 7.99. The Bertz CT molecular complexity index is 781. The molecule has 0 aliphatic rings. The number of rotatable bonds is 4. The SMILES string of the molecule is Cc1nnc(SCC(=O)Nc2cc(Cl)c(Cl)cc2Cl)[nH]c1=O. The van der Waals surface area contributed by atoms with Crippen LogP contribution < -0.4 is 10.9 Å².